The SMILES string of the molecule is CCC(C)C(NC(=O)C(CS)NC(=O)C1CCCN1C(=O)CNC(=O)C(Cc1ccccc1)NC(=O)C(CC(C)C)NC(=O)C(N)CC(C)C)C(=O)NC(CC(C)C)C(=O)O. The van der Waals surface area contributed by atoms with Gasteiger partial charge in [0, 0.05) is 18.7 Å². The number of nitrogens with two attached hydrogens (primary N) is 1. The third-order valence-corrected chi connectivity index (χ3v) is 10.9. The predicted molar refractivity (Wildman–Crippen MR) is 235 cm³/mol. The third-order valence-electron chi connectivity index (χ3n) is 10.5. The Labute approximate surface area is 366 Å². The standard InChI is InChI=1S/C43H70N8O9S/c1-9-27(8)36(42(58)48-32(43(59)60)20-26(6)7)50-40(56)33(23-61)49-41(57)34-16-13-17-51(34)35(52)22-45-38(54)31(21-28-14-11-10-12-15-28)47-39(55)30(19-25(4)5)46-37(53)29(44)18-24(2)3/h10-12,14-15,24-27,29-34,36,61H,9,13,16-23,44H2,1-8H3,(H,45,54)(H,46,53)(H,47,55)(H,48,58)(H,49,57)(H,50,56)(H,59,60). The summed E-state index contributed by atoms with van der Waals surface area (Å²) in [5.41, 5.74) is 6.84. The van der Waals surface area contributed by atoms with Crippen molar-refractivity contribution in [3.63, 3.8) is 0 Å². The van der Waals surface area contributed by atoms with E-state index < -0.39 is 96.2 Å². The van der Waals surface area contributed by atoms with E-state index in [0.717, 1.165) is 5.56 Å². The van der Waals surface area contributed by atoms with Crippen molar-refractivity contribution in [2.75, 3.05) is 18.8 Å². The monoisotopic (exact) mass is 874 g/mol. The van der Waals surface area contributed by atoms with Crippen LogP contribution in [0.15, 0.2) is 30.3 Å². The van der Waals surface area contributed by atoms with E-state index in [0.29, 0.717) is 19.3 Å². The van der Waals surface area contributed by atoms with Crippen LogP contribution in [0.5, 0.6) is 0 Å². The molecule has 1 aromatic rings. The molecule has 1 saturated heterocycles. The average Bonchev–Trinajstić information content (AvgIpc) is 3.70. The van der Waals surface area contributed by atoms with Crippen molar-refractivity contribution in [3.8, 4) is 0 Å². The largest absolute Gasteiger partial charge is 0.480 e. The van der Waals surface area contributed by atoms with Gasteiger partial charge in [-0.2, -0.15) is 12.6 Å². The molecule has 1 aliphatic heterocycles. The molecule has 0 saturated carbocycles. The van der Waals surface area contributed by atoms with Gasteiger partial charge in [0.25, 0.3) is 0 Å². The van der Waals surface area contributed by atoms with E-state index in [4.69, 9.17) is 5.73 Å². The van der Waals surface area contributed by atoms with Gasteiger partial charge in [-0.1, -0.05) is 92.1 Å². The number of nitrogens with one attached hydrogen (secondary N) is 6. The smallest absolute Gasteiger partial charge is 0.326 e. The molecular weight excluding hydrogens is 805 g/mol. The third kappa shape index (κ3) is 17.7. The Morgan fingerprint density at radius 1 is 0.721 bits per heavy atom. The second kappa shape index (κ2) is 25.9. The van der Waals surface area contributed by atoms with Gasteiger partial charge in [-0.15, -0.1) is 0 Å². The maximum absolute atomic E-state index is 13.7. The fourth-order valence-electron chi connectivity index (χ4n) is 7.03. The maximum atomic E-state index is 13.7. The molecule has 0 aromatic heterocycles. The van der Waals surface area contributed by atoms with Crippen molar-refractivity contribution >= 4 is 59.9 Å². The molecule has 8 atom stereocenters. The molecule has 18 heteroatoms. The Morgan fingerprint density at radius 2 is 1.28 bits per heavy atom. The molecule has 0 aliphatic carbocycles. The quantitative estimate of drug-likeness (QED) is 0.0637. The highest BCUT2D eigenvalue weighted by atomic mass is 32.1. The van der Waals surface area contributed by atoms with E-state index in [1.165, 1.54) is 4.90 Å². The summed E-state index contributed by atoms with van der Waals surface area (Å²) in [4.78, 5) is 107. The number of hydrogen-bond acceptors (Lipinski definition) is 10. The molecule has 0 bridgehead atoms. The molecule has 342 valence electrons. The van der Waals surface area contributed by atoms with Crippen LogP contribution in [-0.2, 0) is 44.8 Å². The number of likely N-dealkylation sites (tertiary alicyclic amines) is 1. The lowest BCUT2D eigenvalue weighted by Crippen LogP contribution is -2.59. The molecule has 2 rings (SSSR count). The Bertz CT molecular complexity index is 1650. The summed E-state index contributed by atoms with van der Waals surface area (Å²) in [6, 6.07) is 1.66. The molecule has 1 heterocycles. The normalized spacial score (nSPS) is 17.3. The number of carboxylic acids is 1. The second-order valence-electron chi connectivity index (χ2n) is 17.3. The van der Waals surface area contributed by atoms with E-state index in [1.54, 1.807) is 31.2 Å². The molecular formula is C43H70N8O9S. The zero-order valence-corrected chi connectivity index (χ0v) is 37.9. The second-order valence-corrected chi connectivity index (χ2v) is 17.7. The van der Waals surface area contributed by atoms with Gasteiger partial charge in [-0.05, 0) is 61.3 Å². The fraction of sp³-hybridized carbons (Fsp3) is 0.674. The number of carboxylic acid groups (broad SMARTS) is 1. The highest BCUT2D eigenvalue weighted by Gasteiger charge is 2.38. The number of nitrogens with zero attached hydrogens (tertiary/aromatic N) is 1. The Balaban J connectivity index is 2.17. The molecule has 7 amide bonds. The lowest BCUT2D eigenvalue weighted by Gasteiger charge is -2.29. The number of benzene rings is 1. The van der Waals surface area contributed by atoms with Crippen LogP contribution in [-0.4, -0.2) is 118 Å². The van der Waals surface area contributed by atoms with E-state index in [-0.39, 0.29) is 61.7 Å². The molecule has 1 aromatic carbocycles. The van der Waals surface area contributed by atoms with Crippen LogP contribution in [0, 0.1) is 23.7 Å². The van der Waals surface area contributed by atoms with Crippen LogP contribution in [0.1, 0.15) is 99.5 Å². The summed E-state index contributed by atoms with van der Waals surface area (Å²) in [5, 5.41) is 25.6. The molecule has 0 spiro atoms. The van der Waals surface area contributed by atoms with Crippen LogP contribution < -0.4 is 37.6 Å². The van der Waals surface area contributed by atoms with E-state index in [2.05, 4.69) is 44.5 Å². The van der Waals surface area contributed by atoms with Gasteiger partial charge in [0.15, 0.2) is 0 Å². The summed E-state index contributed by atoms with van der Waals surface area (Å²) in [7, 11) is 0. The first-order valence-corrected chi connectivity index (χ1v) is 22.0. The fourth-order valence-corrected chi connectivity index (χ4v) is 7.28. The lowest BCUT2D eigenvalue weighted by atomic mass is 9.96. The minimum Gasteiger partial charge on any atom is -0.480 e. The predicted octanol–water partition coefficient (Wildman–Crippen LogP) is 1.29. The number of amides is 7. The van der Waals surface area contributed by atoms with Crippen LogP contribution >= 0.6 is 12.6 Å². The van der Waals surface area contributed by atoms with Gasteiger partial charge >= 0.3 is 5.97 Å². The maximum Gasteiger partial charge on any atom is 0.326 e. The zero-order chi connectivity index (χ0) is 46.0. The minimum atomic E-state index is -1.20. The van der Waals surface area contributed by atoms with Gasteiger partial charge in [0.2, 0.25) is 41.4 Å². The summed E-state index contributed by atoms with van der Waals surface area (Å²) >= 11 is 4.27. The number of carbonyl (C=O) groups excluding carboxylic acids is 7. The van der Waals surface area contributed by atoms with Gasteiger partial charge in [0.05, 0.1) is 12.6 Å². The summed E-state index contributed by atoms with van der Waals surface area (Å²) in [5.74, 6) is -5.81. The van der Waals surface area contributed by atoms with Crippen molar-refractivity contribution in [3.05, 3.63) is 35.9 Å². The van der Waals surface area contributed by atoms with Gasteiger partial charge in [0.1, 0.15) is 36.3 Å². The zero-order valence-electron chi connectivity index (χ0n) is 37.0. The van der Waals surface area contributed by atoms with Crippen molar-refractivity contribution in [2.24, 2.45) is 29.4 Å². The highest BCUT2D eigenvalue weighted by molar-refractivity contribution is 7.80. The van der Waals surface area contributed by atoms with Crippen molar-refractivity contribution in [2.45, 2.75) is 143 Å². The summed E-state index contributed by atoms with van der Waals surface area (Å²) < 4.78 is 0. The Hall–Kier alpha value is -4.71. The van der Waals surface area contributed by atoms with Crippen LogP contribution in [0.25, 0.3) is 0 Å². The average molecular weight is 875 g/mol. The van der Waals surface area contributed by atoms with Gasteiger partial charge < -0.3 is 47.6 Å². The molecule has 8 unspecified atom stereocenters. The van der Waals surface area contributed by atoms with E-state index in [1.807, 2.05) is 54.5 Å². The number of carbonyl (C=O) groups is 8. The first-order valence-electron chi connectivity index (χ1n) is 21.4. The molecule has 61 heavy (non-hydrogen) atoms. The van der Waals surface area contributed by atoms with E-state index in [9.17, 15) is 43.5 Å². The molecule has 9 N–H and O–H groups in total. The van der Waals surface area contributed by atoms with Gasteiger partial charge in [-0.3, -0.25) is 33.6 Å². The van der Waals surface area contributed by atoms with E-state index >= 15 is 0 Å². The number of aliphatic carboxylic acids is 1. The molecule has 1 aliphatic rings. The first kappa shape index (κ1) is 52.4. The molecule has 0 radical (unpaired) electrons. The lowest BCUT2D eigenvalue weighted by molar-refractivity contribution is -0.143. The number of rotatable bonds is 25. The summed E-state index contributed by atoms with van der Waals surface area (Å²) in [6.45, 7) is 14.6. The van der Waals surface area contributed by atoms with Crippen LogP contribution in [0.4, 0.5) is 0 Å². The Morgan fingerprint density at radius 3 is 1.84 bits per heavy atom. The number of hydrogen-bond donors (Lipinski definition) is 9. The van der Waals surface area contributed by atoms with Crippen molar-refractivity contribution < 1.29 is 43.5 Å². The van der Waals surface area contributed by atoms with Crippen molar-refractivity contribution in [1.29, 1.82) is 0 Å². The topological polar surface area (TPSA) is 258 Å². The van der Waals surface area contributed by atoms with Crippen LogP contribution in [0.3, 0.4) is 0 Å². The van der Waals surface area contributed by atoms with Gasteiger partial charge in [-0.25, -0.2) is 4.79 Å². The van der Waals surface area contributed by atoms with Crippen LogP contribution in [0.2, 0.25) is 0 Å². The number of thiol groups is 1. The van der Waals surface area contributed by atoms with Crippen molar-refractivity contribution in [1.82, 2.24) is 36.8 Å². The first-order chi connectivity index (χ1) is 28.7. The Kier molecular flexibility index (Phi) is 22.3. The minimum absolute atomic E-state index is 0.0144. The molecule has 1 fully saturated rings. The summed E-state index contributed by atoms with van der Waals surface area (Å²) in [6.07, 6.45) is 2.24. The highest BCUT2D eigenvalue weighted by Crippen LogP contribution is 2.18. The molecule has 17 nitrogen and oxygen atoms in total.